The van der Waals surface area contributed by atoms with Gasteiger partial charge in [-0.2, -0.15) is 0 Å². The SMILES string of the molecule is CCC[C@@H](NC(=O)[C@H]1CCOC1)c1ccc(F)cc1F. The van der Waals surface area contributed by atoms with E-state index in [1.165, 1.54) is 12.1 Å². The fourth-order valence-corrected chi connectivity index (χ4v) is 2.41. The van der Waals surface area contributed by atoms with Gasteiger partial charge in [-0.25, -0.2) is 8.78 Å². The van der Waals surface area contributed by atoms with Gasteiger partial charge in [0.1, 0.15) is 11.6 Å². The van der Waals surface area contributed by atoms with E-state index in [2.05, 4.69) is 5.32 Å². The average Bonchev–Trinajstić information content (AvgIpc) is 2.92. The van der Waals surface area contributed by atoms with Crippen molar-refractivity contribution in [2.24, 2.45) is 5.92 Å². The number of rotatable bonds is 5. The highest BCUT2D eigenvalue weighted by atomic mass is 19.1. The van der Waals surface area contributed by atoms with Crippen molar-refractivity contribution >= 4 is 5.91 Å². The van der Waals surface area contributed by atoms with E-state index in [4.69, 9.17) is 4.74 Å². The quantitative estimate of drug-likeness (QED) is 0.902. The maximum absolute atomic E-state index is 13.8. The van der Waals surface area contributed by atoms with Crippen molar-refractivity contribution in [1.29, 1.82) is 0 Å². The fraction of sp³-hybridized carbons (Fsp3) is 0.533. The first kappa shape index (κ1) is 14.9. The maximum atomic E-state index is 13.8. The minimum Gasteiger partial charge on any atom is -0.381 e. The molecule has 2 atom stereocenters. The van der Waals surface area contributed by atoms with Crippen molar-refractivity contribution in [2.45, 2.75) is 32.2 Å². The lowest BCUT2D eigenvalue weighted by Gasteiger charge is -2.21. The number of ether oxygens (including phenoxy) is 1. The van der Waals surface area contributed by atoms with Crippen LogP contribution in [0, 0.1) is 17.6 Å². The summed E-state index contributed by atoms with van der Waals surface area (Å²) in [5.41, 5.74) is 0.334. The van der Waals surface area contributed by atoms with E-state index >= 15 is 0 Å². The maximum Gasteiger partial charge on any atom is 0.226 e. The largest absolute Gasteiger partial charge is 0.381 e. The molecule has 2 rings (SSSR count). The first-order valence-corrected chi connectivity index (χ1v) is 6.95. The second-order valence-electron chi connectivity index (χ2n) is 5.08. The van der Waals surface area contributed by atoms with Crippen LogP contribution in [-0.4, -0.2) is 19.1 Å². The number of benzene rings is 1. The molecule has 0 bridgehead atoms. The van der Waals surface area contributed by atoms with Crippen LogP contribution in [0.1, 0.15) is 37.8 Å². The summed E-state index contributed by atoms with van der Waals surface area (Å²) in [4.78, 5) is 12.1. The van der Waals surface area contributed by atoms with Gasteiger partial charge in [0.25, 0.3) is 0 Å². The molecule has 0 radical (unpaired) electrons. The van der Waals surface area contributed by atoms with Gasteiger partial charge in [0.15, 0.2) is 0 Å². The third-order valence-electron chi connectivity index (χ3n) is 3.53. The molecule has 0 aliphatic carbocycles. The van der Waals surface area contributed by atoms with Crippen molar-refractivity contribution in [3.05, 3.63) is 35.4 Å². The zero-order valence-corrected chi connectivity index (χ0v) is 11.5. The first-order valence-electron chi connectivity index (χ1n) is 6.95. The molecule has 1 aromatic rings. The molecule has 0 unspecified atom stereocenters. The van der Waals surface area contributed by atoms with Gasteiger partial charge < -0.3 is 10.1 Å². The molecule has 110 valence electrons. The van der Waals surface area contributed by atoms with Crippen LogP contribution >= 0.6 is 0 Å². The molecular formula is C15H19F2NO2. The number of amides is 1. The molecule has 1 amide bonds. The molecular weight excluding hydrogens is 264 g/mol. The van der Waals surface area contributed by atoms with Gasteiger partial charge in [-0.1, -0.05) is 19.4 Å². The Morgan fingerprint density at radius 2 is 2.30 bits per heavy atom. The molecule has 20 heavy (non-hydrogen) atoms. The Morgan fingerprint density at radius 1 is 1.50 bits per heavy atom. The van der Waals surface area contributed by atoms with E-state index in [0.717, 1.165) is 12.5 Å². The van der Waals surface area contributed by atoms with Crippen LogP contribution in [-0.2, 0) is 9.53 Å². The lowest BCUT2D eigenvalue weighted by atomic mass is 10.00. The van der Waals surface area contributed by atoms with Crippen LogP contribution < -0.4 is 5.32 Å². The van der Waals surface area contributed by atoms with Gasteiger partial charge in [0.05, 0.1) is 18.6 Å². The summed E-state index contributed by atoms with van der Waals surface area (Å²) in [7, 11) is 0. The van der Waals surface area contributed by atoms with E-state index in [9.17, 15) is 13.6 Å². The highest BCUT2D eigenvalue weighted by Gasteiger charge is 2.26. The molecule has 1 heterocycles. The Kier molecular flexibility index (Phi) is 5.06. The van der Waals surface area contributed by atoms with Crippen molar-refractivity contribution in [3.63, 3.8) is 0 Å². The molecule has 1 fully saturated rings. The van der Waals surface area contributed by atoms with Crippen LogP contribution in [0.5, 0.6) is 0 Å². The van der Waals surface area contributed by atoms with E-state index in [-0.39, 0.29) is 11.8 Å². The molecule has 1 aliphatic heterocycles. The third-order valence-corrected chi connectivity index (χ3v) is 3.53. The Morgan fingerprint density at radius 3 is 2.90 bits per heavy atom. The molecule has 5 heteroatoms. The molecule has 1 N–H and O–H groups in total. The summed E-state index contributed by atoms with van der Waals surface area (Å²) in [5.74, 6) is -1.52. The standard InChI is InChI=1S/C15H19F2NO2/c1-2-3-14(12-5-4-11(16)8-13(12)17)18-15(19)10-6-7-20-9-10/h4-5,8,10,14H,2-3,6-7,9H2,1H3,(H,18,19)/t10-,14+/m0/s1. The van der Waals surface area contributed by atoms with Gasteiger partial charge in [0, 0.05) is 18.2 Å². The van der Waals surface area contributed by atoms with E-state index in [1.807, 2.05) is 6.92 Å². The Bertz CT molecular complexity index is 473. The lowest BCUT2D eigenvalue weighted by Crippen LogP contribution is -2.34. The number of carbonyl (C=O) groups excluding carboxylic acids is 1. The van der Waals surface area contributed by atoms with Crippen molar-refractivity contribution < 1.29 is 18.3 Å². The highest BCUT2D eigenvalue weighted by Crippen LogP contribution is 2.24. The number of carbonyl (C=O) groups is 1. The molecule has 1 saturated heterocycles. The summed E-state index contributed by atoms with van der Waals surface area (Å²) in [6.45, 7) is 2.96. The van der Waals surface area contributed by atoms with Gasteiger partial charge in [-0.3, -0.25) is 4.79 Å². The summed E-state index contributed by atoms with van der Waals surface area (Å²) < 4.78 is 32.0. The minimum absolute atomic E-state index is 0.121. The zero-order chi connectivity index (χ0) is 14.5. The number of nitrogens with one attached hydrogen (secondary N) is 1. The second kappa shape index (κ2) is 6.79. The van der Waals surface area contributed by atoms with E-state index in [0.29, 0.717) is 31.6 Å². The molecule has 0 spiro atoms. The summed E-state index contributed by atoms with van der Waals surface area (Å²) in [6.07, 6.45) is 2.10. The highest BCUT2D eigenvalue weighted by molar-refractivity contribution is 5.79. The van der Waals surface area contributed by atoms with E-state index in [1.54, 1.807) is 0 Å². The first-order chi connectivity index (χ1) is 9.61. The van der Waals surface area contributed by atoms with Crippen LogP contribution in [0.4, 0.5) is 8.78 Å². The van der Waals surface area contributed by atoms with Crippen LogP contribution in [0.2, 0.25) is 0 Å². The molecule has 1 aromatic carbocycles. The van der Waals surface area contributed by atoms with Gasteiger partial charge in [0.2, 0.25) is 5.91 Å². The predicted octanol–water partition coefficient (Wildman–Crippen LogP) is 2.96. The van der Waals surface area contributed by atoms with Crippen LogP contribution in [0.3, 0.4) is 0 Å². The van der Waals surface area contributed by atoms with Crippen molar-refractivity contribution in [3.8, 4) is 0 Å². The van der Waals surface area contributed by atoms with Crippen molar-refractivity contribution in [1.82, 2.24) is 5.32 Å². The van der Waals surface area contributed by atoms with Gasteiger partial charge in [-0.05, 0) is 18.9 Å². The summed E-state index contributed by atoms with van der Waals surface area (Å²) >= 11 is 0. The molecule has 0 saturated carbocycles. The smallest absolute Gasteiger partial charge is 0.226 e. The third kappa shape index (κ3) is 3.54. The Labute approximate surface area is 117 Å². The second-order valence-corrected chi connectivity index (χ2v) is 5.08. The van der Waals surface area contributed by atoms with Crippen LogP contribution in [0.15, 0.2) is 18.2 Å². The lowest BCUT2D eigenvalue weighted by molar-refractivity contribution is -0.125. The number of hydrogen-bond acceptors (Lipinski definition) is 2. The molecule has 0 aromatic heterocycles. The number of hydrogen-bond donors (Lipinski definition) is 1. The van der Waals surface area contributed by atoms with Gasteiger partial charge >= 0.3 is 0 Å². The normalized spacial score (nSPS) is 19.9. The van der Waals surface area contributed by atoms with E-state index < -0.39 is 17.7 Å². The molecule has 3 nitrogen and oxygen atoms in total. The van der Waals surface area contributed by atoms with Crippen molar-refractivity contribution in [2.75, 3.05) is 13.2 Å². The summed E-state index contributed by atoms with van der Waals surface area (Å²) in [5, 5.41) is 2.86. The monoisotopic (exact) mass is 283 g/mol. The predicted molar refractivity (Wildman–Crippen MR) is 71.1 cm³/mol. The van der Waals surface area contributed by atoms with Gasteiger partial charge in [-0.15, -0.1) is 0 Å². The Hall–Kier alpha value is -1.49. The fourth-order valence-electron chi connectivity index (χ4n) is 2.41. The minimum atomic E-state index is -0.619. The van der Waals surface area contributed by atoms with Crippen LogP contribution in [0.25, 0.3) is 0 Å². The topological polar surface area (TPSA) is 38.3 Å². The molecule has 1 aliphatic rings. The number of halogens is 2. The zero-order valence-electron chi connectivity index (χ0n) is 11.5. The summed E-state index contributed by atoms with van der Waals surface area (Å²) in [6, 6.07) is 3.04. The Balaban J connectivity index is 2.11. The average molecular weight is 283 g/mol.